The molecule has 0 aromatic heterocycles. The van der Waals surface area contributed by atoms with Crippen molar-refractivity contribution in [1.29, 1.82) is 0 Å². The van der Waals surface area contributed by atoms with Crippen LogP contribution in [0, 0.1) is 5.92 Å². The van der Waals surface area contributed by atoms with Gasteiger partial charge in [-0.2, -0.15) is 4.31 Å². The van der Waals surface area contributed by atoms with Crippen molar-refractivity contribution in [2.45, 2.75) is 63.2 Å². The van der Waals surface area contributed by atoms with Crippen LogP contribution in [0.5, 0.6) is 23.0 Å². The summed E-state index contributed by atoms with van der Waals surface area (Å²) in [4.78, 5) is 29.1. The summed E-state index contributed by atoms with van der Waals surface area (Å²) in [5.41, 5.74) is 1.04. The van der Waals surface area contributed by atoms with Gasteiger partial charge in [0.15, 0.2) is 11.5 Å². The molecule has 52 heavy (non-hydrogen) atoms. The molecule has 15 heteroatoms. The molecule has 0 fully saturated rings. The van der Waals surface area contributed by atoms with Gasteiger partial charge in [0.2, 0.25) is 16.8 Å². The molecule has 14 nitrogen and oxygen atoms in total. The summed E-state index contributed by atoms with van der Waals surface area (Å²) in [6.45, 7) is 5.90. The number of urea groups is 1. The average Bonchev–Trinajstić information content (AvgIpc) is 3.60. The number of nitrogens with zero attached hydrogens (tertiary/aromatic N) is 2. The molecule has 3 amide bonds. The monoisotopic (exact) mass is 740 g/mol. The van der Waals surface area contributed by atoms with Gasteiger partial charge in [-0.3, -0.25) is 4.79 Å². The lowest BCUT2D eigenvalue weighted by Crippen LogP contribution is -2.48. The van der Waals surface area contributed by atoms with Gasteiger partial charge in [-0.25, -0.2) is 13.2 Å². The number of anilines is 2. The van der Waals surface area contributed by atoms with E-state index in [-0.39, 0.29) is 49.0 Å². The molecule has 282 valence electrons. The van der Waals surface area contributed by atoms with Crippen LogP contribution in [0.3, 0.4) is 0 Å². The fourth-order valence-electron chi connectivity index (χ4n) is 6.01. The molecule has 3 N–H and O–H groups in total. The van der Waals surface area contributed by atoms with E-state index in [1.54, 1.807) is 55.5 Å². The highest BCUT2D eigenvalue weighted by Gasteiger charge is 2.32. The maximum absolute atomic E-state index is 14.4. The van der Waals surface area contributed by atoms with E-state index in [4.69, 9.17) is 23.7 Å². The number of sulfonamides is 1. The van der Waals surface area contributed by atoms with Crippen molar-refractivity contribution in [1.82, 2.24) is 9.21 Å². The molecule has 2 heterocycles. The van der Waals surface area contributed by atoms with E-state index in [1.165, 1.54) is 35.5 Å². The number of aliphatic hydroxyl groups excluding tert-OH is 1. The second-order valence-corrected chi connectivity index (χ2v) is 15.2. The van der Waals surface area contributed by atoms with Gasteiger partial charge in [0.25, 0.3) is 5.91 Å². The third-order valence-corrected chi connectivity index (χ3v) is 11.0. The molecule has 0 aliphatic carbocycles. The first-order valence-electron chi connectivity index (χ1n) is 17.3. The predicted octanol–water partition coefficient (Wildman–Crippen LogP) is 5.18. The van der Waals surface area contributed by atoms with Crippen LogP contribution in [-0.2, 0) is 14.8 Å². The van der Waals surface area contributed by atoms with Crippen molar-refractivity contribution in [3.05, 3.63) is 66.2 Å². The lowest BCUT2D eigenvalue weighted by molar-refractivity contribution is -0.00834. The molecule has 0 saturated carbocycles. The molecule has 0 spiro atoms. The Bertz CT molecular complexity index is 1810. The van der Waals surface area contributed by atoms with Gasteiger partial charge in [0.1, 0.15) is 11.5 Å². The normalized spacial score (nSPS) is 20.3. The van der Waals surface area contributed by atoms with Crippen LogP contribution in [0.15, 0.2) is 65.6 Å². The number of aliphatic hydroxyl groups is 1. The maximum atomic E-state index is 14.4. The number of ether oxygens (including phenoxy) is 5. The lowest BCUT2D eigenvalue weighted by atomic mass is 10.0. The Balaban J connectivity index is 1.39. The predicted molar refractivity (Wildman–Crippen MR) is 195 cm³/mol. The van der Waals surface area contributed by atoms with Crippen molar-refractivity contribution >= 4 is 33.3 Å². The van der Waals surface area contributed by atoms with Crippen LogP contribution < -0.4 is 29.6 Å². The minimum Gasteiger partial charge on any atom is -0.497 e. The first-order chi connectivity index (χ1) is 24.9. The molecule has 3 aromatic rings. The molecule has 0 unspecified atom stereocenters. The third kappa shape index (κ3) is 9.45. The van der Waals surface area contributed by atoms with Gasteiger partial charge in [-0.05, 0) is 87.7 Å². The summed E-state index contributed by atoms with van der Waals surface area (Å²) in [6.07, 6.45) is 1.34. The van der Waals surface area contributed by atoms with Gasteiger partial charge in [0, 0.05) is 50.1 Å². The minimum absolute atomic E-state index is 0.0354. The number of rotatable bonds is 9. The minimum atomic E-state index is -3.87. The molecule has 5 rings (SSSR count). The smallest absolute Gasteiger partial charge is 0.323 e. The summed E-state index contributed by atoms with van der Waals surface area (Å²) in [5, 5.41) is 15.8. The third-order valence-electron chi connectivity index (χ3n) is 9.14. The highest BCUT2D eigenvalue weighted by atomic mass is 32.2. The average molecular weight is 741 g/mol. The van der Waals surface area contributed by atoms with Crippen LogP contribution >= 0.6 is 0 Å². The van der Waals surface area contributed by atoms with Gasteiger partial charge in [-0.15, -0.1) is 0 Å². The van der Waals surface area contributed by atoms with E-state index >= 15 is 0 Å². The second kappa shape index (κ2) is 17.3. The summed E-state index contributed by atoms with van der Waals surface area (Å²) >= 11 is 0. The van der Waals surface area contributed by atoms with E-state index in [1.807, 2.05) is 13.8 Å². The number of likely N-dealkylation sites (N-methyl/N-ethyl adjacent to an activating group) is 1. The highest BCUT2D eigenvalue weighted by Crippen LogP contribution is 2.34. The first kappa shape index (κ1) is 38.7. The van der Waals surface area contributed by atoms with E-state index in [0.29, 0.717) is 47.4 Å². The SMILES string of the molecule is COc1ccc(S(=O)(=O)N(C)C[C@H]2OCCCC[C@H](C)Oc3ccc(NC(=O)Nc4ccc5c(c4)OCO5)cc3C(=O)N([C@H](C)CO)C[C@H]2C)cc1. The molecule has 2 aliphatic rings. The van der Waals surface area contributed by atoms with Crippen LogP contribution in [0.25, 0.3) is 0 Å². The number of hydrogen-bond acceptors (Lipinski definition) is 10. The molecule has 3 aromatic carbocycles. The molecule has 0 radical (unpaired) electrons. The Hall–Kier alpha value is -4.57. The highest BCUT2D eigenvalue weighted by molar-refractivity contribution is 7.89. The Morgan fingerprint density at radius 2 is 1.67 bits per heavy atom. The van der Waals surface area contributed by atoms with Crippen molar-refractivity contribution in [2.75, 3.05) is 57.9 Å². The van der Waals surface area contributed by atoms with Crippen molar-refractivity contribution < 1.29 is 46.8 Å². The molecule has 0 bridgehead atoms. The standard InChI is InChI=1S/C37H48N4O10S/c1-24-20-41(25(2)22-42)36(43)31-18-27(38-37(44)39-28-10-16-33-34(19-28)50-23-49-33)9-15-32(31)51-26(3)8-6-7-17-48-35(24)21-40(4)52(45,46)30-13-11-29(47-5)12-14-30/h9-16,18-19,24-26,35,42H,6-8,17,20-23H2,1-5H3,(H2,38,39,44)/t24-,25-,26+,35-/m1/s1. The number of carbonyl (C=O) groups is 2. The van der Waals surface area contributed by atoms with Crippen LogP contribution in [0.2, 0.25) is 0 Å². The fraction of sp³-hybridized carbons (Fsp3) is 0.459. The zero-order valence-corrected chi connectivity index (χ0v) is 31.0. The Morgan fingerprint density at radius 1 is 1.00 bits per heavy atom. The van der Waals surface area contributed by atoms with Crippen LogP contribution in [0.1, 0.15) is 50.4 Å². The Labute approximate surface area is 305 Å². The zero-order valence-electron chi connectivity index (χ0n) is 30.2. The molecule has 0 saturated heterocycles. The van der Waals surface area contributed by atoms with Crippen LogP contribution in [0.4, 0.5) is 16.2 Å². The summed E-state index contributed by atoms with van der Waals surface area (Å²) in [6, 6.07) is 14.9. The largest absolute Gasteiger partial charge is 0.497 e. The topological polar surface area (TPSA) is 165 Å². The van der Waals surface area contributed by atoms with Crippen molar-refractivity contribution in [3.8, 4) is 23.0 Å². The van der Waals surface area contributed by atoms with Gasteiger partial charge >= 0.3 is 6.03 Å². The number of hydrogen-bond donors (Lipinski definition) is 3. The summed E-state index contributed by atoms with van der Waals surface area (Å²) in [5.74, 6) is 1.21. The van der Waals surface area contributed by atoms with Gasteiger partial charge < -0.3 is 44.3 Å². The van der Waals surface area contributed by atoms with Crippen molar-refractivity contribution in [3.63, 3.8) is 0 Å². The lowest BCUT2D eigenvalue weighted by Gasteiger charge is -2.35. The number of nitrogens with one attached hydrogen (secondary N) is 2. The number of amides is 3. The number of carbonyl (C=O) groups excluding carboxylic acids is 2. The molecular formula is C37H48N4O10S. The first-order valence-corrected chi connectivity index (χ1v) is 18.8. The molecular weight excluding hydrogens is 692 g/mol. The fourth-order valence-corrected chi connectivity index (χ4v) is 7.19. The Morgan fingerprint density at radius 3 is 2.37 bits per heavy atom. The summed E-state index contributed by atoms with van der Waals surface area (Å²) < 4.78 is 56.9. The number of fused-ring (bicyclic) bond motifs is 2. The quantitative estimate of drug-likeness (QED) is 0.266. The van der Waals surface area contributed by atoms with E-state index in [9.17, 15) is 23.1 Å². The zero-order chi connectivity index (χ0) is 37.4. The molecule has 2 aliphatic heterocycles. The second-order valence-electron chi connectivity index (χ2n) is 13.1. The van der Waals surface area contributed by atoms with Crippen LogP contribution in [-0.4, -0.2) is 100 Å². The number of benzene rings is 3. The van der Waals surface area contributed by atoms with Gasteiger partial charge in [-0.1, -0.05) is 6.92 Å². The maximum Gasteiger partial charge on any atom is 0.323 e. The van der Waals surface area contributed by atoms with Gasteiger partial charge in [0.05, 0.1) is 42.4 Å². The van der Waals surface area contributed by atoms with Crippen molar-refractivity contribution in [2.24, 2.45) is 5.92 Å². The van der Waals surface area contributed by atoms with E-state index in [0.717, 1.165) is 12.8 Å². The van der Waals surface area contributed by atoms with E-state index in [2.05, 4.69) is 10.6 Å². The Kier molecular flexibility index (Phi) is 12.9. The molecule has 4 atom stereocenters. The number of methoxy groups -OCH3 is 1. The summed E-state index contributed by atoms with van der Waals surface area (Å²) in [7, 11) is -0.850. The van der Waals surface area contributed by atoms with E-state index < -0.39 is 34.1 Å².